The number of hydrazine groups is 1. The highest BCUT2D eigenvalue weighted by Gasteiger charge is 2.15. The number of hydrogen-bond donors (Lipinski definition) is 1. The van der Waals surface area contributed by atoms with Crippen LogP contribution in [0.1, 0.15) is 12.0 Å². The number of nitrogens with one attached hydrogen (secondary N) is 1. The van der Waals surface area contributed by atoms with Crippen molar-refractivity contribution in [3.05, 3.63) is 47.4 Å². The van der Waals surface area contributed by atoms with E-state index in [0.29, 0.717) is 32.7 Å². The number of hydrogen-bond acceptors (Lipinski definition) is 4. The average molecular weight is 296 g/mol. The molecule has 0 spiro atoms. The Labute approximate surface area is 120 Å². The van der Waals surface area contributed by atoms with Crippen LogP contribution in [0.5, 0.6) is 0 Å². The lowest BCUT2D eigenvalue weighted by Crippen LogP contribution is -2.47. The van der Waals surface area contributed by atoms with Gasteiger partial charge in [-0.15, -0.1) is 4.83 Å². The highest BCUT2D eigenvalue weighted by Crippen LogP contribution is 2.04. The molecule has 2 rings (SSSR count). The minimum Gasteiger partial charge on any atom is -0.379 e. The second kappa shape index (κ2) is 7.54. The van der Waals surface area contributed by atoms with Crippen molar-refractivity contribution < 1.29 is 13.2 Å². The molecule has 0 radical (unpaired) electrons. The number of allylic oxidation sites excluding steroid dienone is 1. The van der Waals surface area contributed by atoms with Crippen molar-refractivity contribution in [2.45, 2.75) is 12.8 Å². The Morgan fingerprint density at radius 2 is 1.90 bits per heavy atom. The lowest BCUT2D eigenvalue weighted by atomic mass is 10.1. The topological polar surface area (TPSA) is 58.6 Å². The predicted octanol–water partition coefficient (Wildman–Crippen LogP) is 1.30. The monoisotopic (exact) mass is 296 g/mol. The maximum absolute atomic E-state index is 11.8. The molecule has 1 N–H and O–H groups in total. The Morgan fingerprint density at radius 3 is 2.60 bits per heavy atom. The maximum Gasteiger partial charge on any atom is 0.246 e. The highest BCUT2D eigenvalue weighted by molar-refractivity contribution is 7.92. The molecule has 0 aromatic heterocycles. The molecular weight excluding hydrogens is 276 g/mol. The normalized spacial score (nSPS) is 17.6. The molecule has 20 heavy (non-hydrogen) atoms. The van der Waals surface area contributed by atoms with Gasteiger partial charge in [0.1, 0.15) is 0 Å². The Bertz CT molecular complexity index is 523. The van der Waals surface area contributed by atoms with Crippen LogP contribution in [0.2, 0.25) is 0 Å². The molecule has 1 aliphatic rings. The van der Waals surface area contributed by atoms with Gasteiger partial charge in [-0.1, -0.05) is 36.4 Å². The van der Waals surface area contributed by atoms with Gasteiger partial charge in [0, 0.05) is 18.5 Å². The van der Waals surface area contributed by atoms with E-state index < -0.39 is 10.0 Å². The zero-order valence-corrected chi connectivity index (χ0v) is 12.2. The molecule has 1 saturated heterocycles. The Hall–Kier alpha value is -1.21. The van der Waals surface area contributed by atoms with Crippen molar-refractivity contribution in [2.75, 3.05) is 26.3 Å². The minimum atomic E-state index is -3.40. The summed E-state index contributed by atoms with van der Waals surface area (Å²) in [7, 11) is -3.40. The number of ether oxygens (including phenoxy) is 1. The molecule has 110 valence electrons. The summed E-state index contributed by atoms with van der Waals surface area (Å²) >= 11 is 0. The molecule has 0 aliphatic carbocycles. The first-order valence-corrected chi connectivity index (χ1v) is 8.26. The number of sulfonamides is 1. The lowest BCUT2D eigenvalue weighted by molar-refractivity contribution is 0.0274. The highest BCUT2D eigenvalue weighted by atomic mass is 32.2. The summed E-state index contributed by atoms with van der Waals surface area (Å²) in [5, 5.41) is 2.91. The molecule has 6 heteroatoms. The van der Waals surface area contributed by atoms with E-state index in [4.69, 9.17) is 4.74 Å². The van der Waals surface area contributed by atoms with Crippen LogP contribution in [0, 0.1) is 0 Å². The zero-order valence-electron chi connectivity index (χ0n) is 11.4. The molecule has 1 aromatic rings. The van der Waals surface area contributed by atoms with Gasteiger partial charge in [0.05, 0.1) is 13.2 Å². The van der Waals surface area contributed by atoms with Gasteiger partial charge in [-0.3, -0.25) is 0 Å². The number of nitrogens with zero attached hydrogens (tertiary/aromatic N) is 1. The van der Waals surface area contributed by atoms with E-state index in [0.717, 1.165) is 6.42 Å². The summed E-state index contributed by atoms with van der Waals surface area (Å²) in [4.78, 5) is 2.53. The van der Waals surface area contributed by atoms with Gasteiger partial charge in [-0.05, 0) is 18.4 Å². The number of morpholine rings is 1. The largest absolute Gasteiger partial charge is 0.379 e. The van der Waals surface area contributed by atoms with Crippen LogP contribution in [-0.2, 0) is 21.2 Å². The molecule has 0 saturated carbocycles. The Balaban J connectivity index is 1.77. The smallest absolute Gasteiger partial charge is 0.246 e. The molecule has 5 nitrogen and oxygen atoms in total. The molecule has 1 heterocycles. The van der Waals surface area contributed by atoms with Crippen molar-refractivity contribution in [1.29, 1.82) is 0 Å². The summed E-state index contributed by atoms with van der Waals surface area (Å²) in [6.45, 7) is 2.27. The summed E-state index contributed by atoms with van der Waals surface area (Å²) in [6.07, 6.45) is 3.23. The third-order valence-corrected chi connectivity index (χ3v) is 4.05. The first-order valence-electron chi connectivity index (χ1n) is 6.71. The first-order chi connectivity index (χ1) is 9.66. The Kier molecular flexibility index (Phi) is 5.72. The van der Waals surface area contributed by atoms with Crippen molar-refractivity contribution in [3.63, 3.8) is 0 Å². The second-order valence-corrected chi connectivity index (χ2v) is 6.18. The molecular formula is C14H20N2O3S. The van der Waals surface area contributed by atoms with Crippen LogP contribution < -0.4 is 4.83 Å². The van der Waals surface area contributed by atoms with Crippen molar-refractivity contribution in [3.8, 4) is 0 Å². The van der Waals surface area contributed by atoms with Crippen molar-refractivity contribution >= 4 is 10.0 Å². The number of benzene rings is 1. The quantitative estimate of drug-likeness (QED) is 0.859. The van der Waals surface area contributed by atoms with Crippen LogP contribution in [0.15, 0.2) is 41.8 Å². The van der Waals surface area contributed by atoms with Crippen LogP contribution in [0.3, 0.4) is 0 Å². The van der Waals surface area contributed by atoms with Gasteiger partial charge in [-0.25, -0.2) is 13.4 Å². The fraction of sp³-hybridized carbons (Fsp3) is 0.429. The fourth-order valence-electron chi connectivity index (χ4n) is 1.95. The standard InChI is InChI=1S/C14H20N2O3S/c17-20(18,15-16-9-11-19-12-10-16)13-5-4-8-14-6-2-1-3-7-14/h1-3,5-7,13,15H,4,8-12H2/b13-5+. The van der Waals surface area contributed by atoms with E-state index in [2.05, 4.69) is 4.83 Å². The van der Waals surface area contributed by atoms with Gasteiger partial charge in [-0.2, -0.15) is 0 Å². The summed E-state index contributed by atoms with van der Waals surface area (Å²) in [6, 6.07) is 10.0. The fourth-order valence-corrected chi connectivity index (χ4v) is 2.95. The van der Waals surface area contributed by atoms with Crippen LogP contribution in [0.25, 0.3) is 0 Å². The van der Waals surface area contributed by atoms with Crippen molar-refractivity contribution in [2.24, 2.45) is 0 Å². The number of aryl methyl sites for hydroxylation is 1. The molecule has 1 aliphatic heterocycles. The zero-order chi connectivity index (χ0) is 14.3. The minimum absolute atomic E-state index is 0.556. The average Bonchev–Trinajstić information content (AvgIpc) is 2.45. The third kappa shape index (κ3) is 5.42. The SMILES string of the molecule is O=S(=O)(/C=C/CCc1ccccc1)NN1CCOCC1. The van der Waals surface area contributed by atoms with E-state index in [1.165, 1.54) is 11.0 Å². The predicted molar refractivity (Wildman–Crippen MR) is 78.4 cm³/mol. The number of rotatable bonds is 6. The molecule has 0 bridgehead atoms. The molecule has 1 fully saturated rings. The van der Waals surface area contributed by atoms with Gasteiger partial charge >= 0.3 is 0 Å². The first kappa shape index (κ1) is 15.2. The summed E-state index contributed by atoms with van der Waals surface area (Å²) in [5.74, 6) is 0. The van der Waals surface area contributed by atoms with Gasteiger partial charge in [0.25, 0.3) is 0 Å². The summed E-state index contributed by atoms with van der Waals surface area (Å²) in [5.41, 5.74) is 1.20. The molecule has 0 unspecified atom stereocenters. The lowest BCUT2D eigenvalue weighted by Gasteiger charge is -2.25. The van der Waals surface area contributed by atoms with E-state index in [1.807, 2.05) is 30.3 Å². The maximum atomic E-state index is 11.8. The third-order valence-electron chi connectivity index (χ3n) is 2.99. The Morgan fingerprint density at radius 1 is 1.20 bits per heavy atom. The summed E-state index contributed by atoms with van der Waals surface area (Å²) < 4.78 is 28.8. The van der Waals surface area contributed by atoms with Gasteiger partial charge in [0.15, 0.2) is 0 Å². The molecule has 0 amide bonds. The van der Waals surface area contributed by atoms with Crippen LogP contribution in [-0.4, -0.2) is 39.7 Å². The van der Waals surface area contributed by atoms with E-state index in [1.54, 1.807) is 11.1 Å². The van der Waals surface area contributed by atoms with Crippen LogP contribution >= 0.6 is 0 Å². The van der Waals surface area contributed by atoms with E-state index in [-0.39, 0.29) is 0 Å². The molecule has 1 aromatic carbocycles. The van der Waals surface area contributed by atoms with E-state index in [9.17, 15) is 8.42 Å². The van der Waals surface area contributed by atoms with Crippen LogP contribution in [0.4, 0.5) is 0 Å². The van der Waals surface area contributed by atoms with E-state index >= 15 is 0 Å². The van der Waals surface area contributed by atoms with Gasteiger partial charge < -0.3 is 4.74 Å². The van der Waals surface area contributed by atoms with Crippen molar-refractivity contribution in [1.82, 2.24) is 9.84 Å². The second-order valence-electron chi connectivity index (χ2n) is 4.63. The molecule has 0 atom stereocenters. The van der Waals surface area contributed by atoms with Gasteiger partial charge in [0.2, 0.25) is 10.0 Å².